The summed E-state index contributed by atoms with van der Waals surface area (Å²) in [6.07, 6.45) is 0. The summed E-state index contributed by atoms with van der Waals surface area (Å²) in [7, 11) is 0. The van der Waals surface area contributed by atoms with Crippen LogP contribution in [0.1, 0.15) is 0 Å². The third-order valence-electron chi connectivity index (χ3n) is 0.824. The van der Waals surface area contributed by atoms with Crippen LogP contribution in [0.4, 0.5) is 0 Å². The zero-order valence-corrected chi connectivity index (χ0v) is 8.74. The van der Waals surface area contributed by atoms with Gasteiger partial charge in [0.15, 0.2) is 0 Å². The first-order valence-electron chi connectivity index (χ1n) is 2.21. The molecule has 0 heterocycles. The maximum Gasteiger partial charge on any atom is 0.0317 e. The van der Waals surface area contributed by atoms with Crippen molar-refractivity contribution in [3.05, 3.63) is 33.2 Å². The Morgan fingerprint density at radius 3 is 1.44 bits per heavy atom. The molecule has 0 spiro atoms. The highest BCUT2D eigenvalue weighted by Crippen LogP contribution is 2.20. The van der Waals surface area contributed by atoms with E-state index in [1.165, 1.54) is 0 Å². The molecule has 0 saturated heterocycles. The molecule has 9 heavy (non-hydrogen) atoms. The third-order valence-corrected chi connectivity index (χ3v) is 2.74. The number of hydrogen-bond acceptors (Lipinski definition) is 0. The van der Waals surface area contributed by atoms with Gasteiger partial charge in [0, 0.05) is 8.95 Å². The molecule has 50 valence electrons. The second-order valence-corrected chi connectivity index (χ2v) is 3.12. The Bertz CT molecular complexity index is 167. The Balaban J connectivity index is 0.000000640. The Hall–Kier alpha value is 0.530. The zero-order valence-electron chi connectivity index (χ0n) is 4.57. The van der Waals surface area contributed by atoms with Gasteiger partial charge in [-0.25, -0.2) is 0 Å². The van der Waals surface area contributed by atoms with Crippen LogP contribution >= 0.6 is 45.4 Å². The van der Waals surface area contributed by atoms with Crippen molar-refractivity contribution < 1.29 is 0 Å². The number of hydrogen-bond donors (Lipinski definition) is 0. The van der Waals surface area contributed by atoms with E-state index in [-0.39, 0.29) is 13.5 Å². The summed E-state index contributed by atoms with van der Waals surface area (Å²) in [5, 5.41) is 0. The number of benzene rings is 1. The van der Waals surface area contributed by atoms with Crippen molar-refractivity contribution in [3.8, 4) is 0 Å². The minimum Gasteiger partial charge on any atom is -0.197 e. The fourth-order valence-corrected chi connectivity index (χ4v) is 1.01. The van der Waals surface area contributed by atoms with Gasteiger partial charge in [0.05, 0.1) is 0 Å². The topological polar surface area (TPSA) is 0 Å². The van der Waals surface area contributed by atoms with E-state index in [9.17, 15) is 0 Å². The second kappa shape index (κ2) is 4.36. The van der Waals surface area contributed by atoms with Gasteiger partial charge in [0.25, 0.3) is 0 Å². The summed E-state index contributed by atoms with van der Waals surface area (Å²) in [5.41, 5.74) is 0. The molecule has 1 aromatic carbocycles. The van der Waals surface area contributed by atoms with Crippen LogP contribution < -0.4 is 0 Å². The summed E-state index contributed by atoms with van der Waals surface area (Å²) in [6, 6.07) is 7.94. The van der Waals surface area contributed by atoms with Crippen LogP contribution in [0.15, 0.2) is 33.2 Å². The summed E-state index contributed by atoms with van der Waals surface area (Å²) in [6.45, 7) is 0. The fraction of sp³-hybridized carbons (Fsp3) is 0. The molecule has 0 radical (unpaired) electrons. The molecule has 0 fully saturated rings. The largest absolute Gasteiger partial charge is 0.197 e. The minimum atomic E-state index is 0. The molecule has 0 aliphatic carbocycles. The molecular formula is C6H6Br2S. The first-order valence-corrected chi connectivity index (χ1v) is 3.79. The Morgan fingerprint density at radius 1 is 0.889 bits per heavy atom. The highest BCUT2D eigenvalue weighted by atomic mass is 79.9. The summed E-state index contributed by atoms with van der Waals surface area (Å²) >= 11 is 6.70. The lowest BCUT2D eigenvalue weighted by Gasteiger charge is -1.89. The minimum absolute atomic E-state index is 0. The Kier molecular flexibility index (Phi) is 4.62. The van der Waals surface area contributed by atoms with Crippen molar-refractivity contribution in [1.82, 2.24) is 0 Å². The maximum absolute atomic E-state index is 3.35. The highest BCUT2D eigenvalue weighted by Gasteiger charge is 1.88. The van der Waals surface area contributed by atoms with Gasteiger partial charge in [-0.3, -0.25) is 0 Å². The molecular weight excluding hydrogens is 264 g/mol. The molecule has 0 aliphatic rings. The quantitative estimate of drug-likeness (QED) is 0.678. The molecule has 1 aromatic rings. The van der Waals surface area contributed by atoms with E-state index >= 15 is 0 Å². The van der Waals surface area contributed by atoms with Gasteiger partial charge < -0.3 is 0 Å². The Labute approximate surface area is 78.4 Å². The lowest BCUT2D eigenvalue weighted by Crippen LogP contribution is -1.63. The van der Waals surface area contributed by atoms with E-state index in [1.807, 2.05) is 24.3 Å². The Morgan fingerprint density at radius 2 is 1.22 bits per heavy atom. The maximum atomic E-state index is 3.35. The van der Waals surface area contributed by atoms with Gasteiger partial charge in [-0.05, 0) is 44.0 Å². The van der Waals surface area contributed by atoms with Crippen LogP contribution in [0, 0.1) is 0 Å². The normalized spacial score (nSPS) is 8.22. The van der Waals surface area contributed by atoms with Crippen molar-refractivity contribution in [2.24, 2.45) is 0 Å². The van der Waals surface area contributed by atoms with Gasteiger partial charge in [-0.2, -0.15) is 13.5 Å². The molecule has 3 heteroatoms. The SMILES string of the molecule is Brc1ccccc1Br.S. The first kappa shape index (κ1) is 9.53. The molecule has 0 aliphatic heterocycles. The number of rotatable bonds is 0. The molecule has 0 N–H and O–H groups in total. The van der Waals surface area contributed by atoms with Crippen LogP contribution in [0.3, 0.4) is 0 Å². The molecule has 0 saturated carbocycles. The van der Waals surface area contributed by atoms with Crippen LogP contribution in [0.2, 0.25) is 0 Å². The van der Waals surface area contributed by atoms with Crippen LogP contribution in [0.25, 0.3) is 0 Å². The molecule has 0 bridgehead atoms. The summed E-state index contributed by atoms with van der Waals surface area (Å²) in [5.74, 6) is 0. The highest BCUT2D eigenvalue weighted by molar-refractivity contribution is 9.13. The predicted octanol–water partition coefficient (Wildman–Crippen LogP) is 3.32. The molecule has 1 rings (SSSR count). The van der Waals surface area contributed by atoms with Gasteiger partial charge in [-0.1, -0.05) is 12.1 Å². The smallest absolute Gasteiger partial charge is 0.0317 e. The standard InChI is InChI=1S/C6H4Br2.H2S/c7-5-3-1-2-4-6(5)8;/h1-4H;1H2. The zero-order chi connectivity index (χ0) is 5.98. The van der Waals surface area contributed by atoms with E-state index in [4.69, 9.17) is 0 Å². The third kappa shape index (κ3) is 2.74. The lowest BCUT2D eigenvalue weighted by molar-refractivity contribution is 1.59. The molecule has 0 amide bonds. The first-order chi connectivity index (χ1) is 3.80. The van der Waals surface area contributed by atoms with Crippen molar-refractivity contribution in [3.63, 3.8) is 0 Å². The monoisotopic (exact) mass is 268 g/mol. The molecule has 0 nitrogen and oxygen atoms in total. The van der Waals surface area contributed by atoms with E-state index in [2.05, 4.69) is 31.9 Å². The summed E-state index contributed by atoms with van der Waals surface area (Å²) < 4.78 is 2.19. The van der Waals surface area contributed by atoms with Gasteiger partial charge in [0.2, 0.25) is 0 Å². The van der Waals surface area contributed by atoms with Crippen molar-refractivity contribution in [1.29, 1.82) is 0 Å². The van der Waals surface area contributed by atoms with Crippen molar-refractivity contribution in [2.45, 2.75) is 0 Å². The van der Waals surface area contributed by atoms with Gasteiger partial charge in [0.1, 0.15) is 0 Å². The van der Waals surface area contributed by atoms with Gasteiger partial charge >= 0.3 is 0 Å². The van der Waals surface area contributed by atoms with E-state index in [1.54, 1.807) is 0 Å². The van der Waals surface area contributed by atoms with Crippen LogP contribution in [-0.2, 0) is 0 Å². The second-order valence-electron chi connectivity index (χ2n) is 1.41. The van der Waals surface area contributed by atoms with Crippen LogP contribution in [-0.4, -0.2) is 0 Å². The van der Waals surface area contributed by atoms with E-state index in [0.29, 0.717) is 0 Å². The summed E-state index contributed by atoms with van der Waals surface area (Å²) in [4.78, 5) is 0. The van der Waals surface area contributed by atoms with E-state index in [0.717, 1.165) is 8.95 Å². The van der Waals surface area contributed by atoms with Crippen molar-refractivity contribution in [2.75, 3.05) is 0 Å². The number of halogens is 2. The molecule has 0 unspecified atom stereocenters. The lowest BCUT2D eigenvalue weighted by atomic mass is 10.4. The molecule has 0 aromatic heterocycles. The van der Waals surface area contributed by atoms with E-state index < -0.39 is 0 Å². The van der Waals surface area contributed by atoms with Gasteiger partial charge in [-0.15, -0.1) is 0 Å². The average molecular weight is 270 g/mol. The fourth-order valence-electron chi connectivity index (χ4n) is 0.439. The molecule has 0 atom stereocenters. The predicted molar refractivity (Wildman–Crippen MR) is 52.2 cm³/mol. The average Bonchev–Trinajstić information content (AvgIpc) is 1.77. The van der Waals surface area contributed by atoms with Crippen molar-refractivity contribution >= 4 is 45.4 Å². The van der Waals surface area contributed by atoms with Crippen LogP contribution in [0.5, 0.6) is 0 Å².